The van der Waals surface area contributed by atoms with Crippen molar-refractivity contribution in [2.75, 3.05) is 34.2 Å². The third kappa shape index (κ3) is 4.65. The first-order chi connectivity index (χ1) is 18.0. The zero-order valence-electron chi connectivity index (χ0n) is 20.7. The SMILES string of the molecule is COCOc1cccc2c1c(-c1ccc(C(=O)O)cc1)c(C1CCOCC1)n2-c1ccc(F)c(OC)c1. The van der Waals surface area contributed by atoms with Crippen LogP contribution in [0.1, 0.15) is 34.8 Å². The number of ether oxygens (including phenoxy) is 4. The van der Waals surface area contributed by atoms with Gasteiger partial charge in [0.25, 0.3) is 0 Å². The summed E-state index contributed by atoms with van der Waals surface area (Å²) in [4.78, 5) is 11.5. The number of carboxylic acid groups (broad SMARTS) is 1. The maximum atomic E-state index is 14.4. The molecule has 0 radical (unpaired) electrons. The van der Waals surface area contributed by atoms with Crippen molar-refractivity contribution in [3.63, 3.8) is 0 Å². The van der Waals surface area contributed by atoms with Crippen LogP contribution in [0, 0.1) is 5.82 Å². The van der Waals surface area contributed by atoms with Crippen molar-refractivity contribution < 1.29 is 33.2 Å². The van der Waals surface area contributed by atoms with Crippen LogP contribution in [0.4, 0.5) is 4.39 Å². The van der Waals surface area contributed by atoms with Gasteiger partial charge in [-0.1, -0.05) is 18.2 Å². The molecule has 0 atom stereocenters. The number of carbonyl (C=O) groups is 1. The highest BCUT2D eigenvalue weighted by Crippen LogP contribution is 2.47. The molecule has 1 aliphatic heterocycles. The maximum Gasteiger partial charge on any atom is 0.335 e. The summed E-state index contributed by atoms with van der Waals surface area (Å²) in [6.07, 6.45) is 1.62. The molecule has 1 N–H and O–H groups in total. The summed E-state index contributed by atoms with van der Waals surface area (Å²) in [7, 11) is 3.01. The largest absolute Gasteiger partial charge is 0.494 e. The van der Waals surface area contributed by atoms with E-state index in [1.165, 1.54) is 13.2 Å². The molecule has 1 aliphatic rings. The molecule has 0 spiro atoms. The summed E-state index contributed by atoms with van der Waals surface area (Å²) in [5, 5.41) is 10.3. The van der Waals surface area contributed by atoms with E-state index < -0.39 is 11.8 Å². The van der Waals surface area contributed by atoms with Gasteiger partial charge in [-0.2, -0.15) is 0 Å². The number of carboxylic acids is 1. The van der Waals surface area contributed by atoms with Crippen molar-refractivity contribution in [3.05, 3.63) is 77.7 Å². The molecule has 0 bridgehead atoms. The Balaban J connectivity index is 1.87. The summed E-state index contributed by atoms with van der Waals surface area (Å²) in [5.41, 5.74) is 4.66. The summed E-state index contributed by atoms with van der Waals surface area (Å²) in [5.74, 6) is -0.499. The molecule has 5 rings (SSSR count). The lowest BCUT2D eigenvalue weighted by molar-refractivity contribution is 0.0522. The van der Waals surface area contributed by atoms with E-state index in [4.69, 9.17) is 18.9 Å². The predicted octanol–water partition coefficient (Wildman–Crippen LogP) is 6.02. The van der Waals surface area contributed by atoms with E-state index in [9.17, 15) is 14.3 Å². The van der Waals surface area contributed by atoms with Crippen LogP contribution in [0.2, 0.25) is 0 Å². The van der Waals surface area contributed by atoms with Gasteiger partial charge < -0.3 is 28.6 Å². The molecule has 192 valence electrons. The molecule has 8 heteroatoms. The highest BCUT2D eigenvalue weighted by atomic mass is 19.1. The fraction of sp³-hybridized carbons (Fsp3) is 0.276. The van der Waals surface area contributed by atoms with Crippen molar-refractivity contribution >= 4 is 16.9 Å². The van der Waals surface area contributed by atoms with Gasteiger partial charge in [-0.3, -0.25) is 0 Å². The first kappa shape index (κ1) is 24.8. The molecule has 3 aromatic carbocycles. The third-order valence-electron chi connectivity index (χ3n) is 6.75. The van der Waals surface area contributed by atoms with Gasteiger partial charge in [0.1, 0.15) is 5.75 Å². The van der Waals surface area contributed by atoms with Crippen LogP contribution in [0.5, 0.6) is 11.5 Å². The van der Waals surface area contributed by atoms with Crippen molar-refractivity contribution in [1.82, 2.24) is 4.57 Å². The van der Waals surface area contributed by atoms with E-state index in [0.717, 1.165) is 46.3 Å². The molecule has 0 saturated carbocycles. The van der Waals surface area contributed by atoms with Gasteiger partial charge in [-0.15, -0.1) is 0 Å². The smallest absolute Gasteiger partial charge is 0.335 e. The Kier molecular flexibility index (Phi) is 7.12. The van der Waals surface area contributed by atoms with Gasteiger partial charge in [0.15, 0.2) is 18.4 Å². The first-order valence-electron chi connectivity index (χ1n) is 12.1. The quantitative estimate of drug-likeness (QED) is 0.295. The van der Waals surface area contributed by atoms with Crippen LogP contribution in [0.25, 0.3) is 27.7 Å². The number of hydrogen-bond acceptors (Lipinski definition) is 5. The number of hydrogen-bond donors (Lipinski definition) is 1. The van der Waals surface area contributed by atoms with Crippen molar-refractivity contribution in [2.24, 2.45) is 0 Å². The Hall–Kier alpha value is -3.88. The minimum Gasteiger partial charge on any atom is -0.494 e. The number of benzene rings is 3. The maximum absolute atomic E-state index is 14.4. The minimum absolute atomic E-state index is 0.0681. The summed E-state index contributed by atoms with van der Waals surface area (Å²) in [6.45, 7) is 1.32. The number of halogens is 1. The lowest BCUT2D eigenvalue weighted by Gasteiger charge is -2.26. The van der Waals surface area contributed by atoms with Gasteiger partial charge in [0.2, 0.25) is 0 Å². The fourth-order valence-corrected chi connectivity index (χ4v) is 5.06. The molecule has 2 heterocycles. The molecule has 0 aliphatic carbocycles. The highest BCUT2D eigenvalue weighted by Gasteiger charge is 2.29. The van der Waals surface area contributed by atoms with Gasteiger partial charge in [0.05, 0.1) is 23.6 Å². The highest BCUT2D eigenvalue weighted by molar-refractivity contribution is 6.04. The number of rotatable bonds is 8. The topological polar surface area (TPSA) is 79.2 Å². The Morgan fingerprint density at radius 2 is 1.81 bits per heavy atom. The summed E-state index contributed by atoms with van der Waals surface area (Å²) in [6, 6.07) is 17.5. The van der Waals surface area contributed by atoms with Gasteiger partial charge in [0, 0.05) is 49.3 Å². The number of methoxy groups -OCH3 is 2. The van der Waals surface area contributed by atoms with E-state index >= 15 is 0 Å². The zero-order valence-corrected chi connectivity index (χ0v) is 20.7. The first-order valence-corrected chi connectivity index (χ1v) is 12.1. The molecule has 0 amide bonds. The Morgan fingerprint density at radius 1 is 1.05 bits per heavy atom. The average Bonchev–Trinajstić information content (AvgIpc) is 3.28. The fourth-order valence-electron chi connectivity index (χ4n) is 5.06. The second kappa shape index (κ2) is 10.6. The second-order valence-electron chi connectivity index (χ2n) is 8.88. The number of aromatic nitrogens is 1. The standard InChI is InChI=1S/C29H28FNO6/c1-34-17-37-24-5-3-4-23-27(24)26(18-6-8-20(9-7-18)29(32)33)28(19-12-14-36-15-13-19)31(23)21-10-11-22(30)25(16-21)35-2/h3-11,16,19H,12-15,17H2,1-2H3,(H,32,33). The van der Waals surface area contributed by atoms with Crippen molar-refractivity contribution in [1.29, 1.82) is 0 Å². The molecule has 37 heavy (non-hydrogen) atoms. The number of aromatic carboxylic acids is 1. The van der Waals surface area contributed by atoms with E-state index in [1.807, 2.05) is 30.3 Å². The molecule has 1 aromatic heterocycles. The van der Waals surface area contributed by atoms with Crippen LogP contribution < -0.4 is 9.47 Å². The summed E-state index contributed by atoms with van der Waals surface area (Å²) >= 11 is 0. The monoisotopic (exact) mass is 505 g/mol. The Labute approximate surface area is 214 Å². The third-order valence-corrected chi connectivity index (χ3v) is 6.75. The number of fused-ring (bicyclic) bond motifs is 1. The van der Waals surface area contributed by atoms with E-state index in [-0.39, 0.29) is 24.0 Å². The van der Waals surface area contributed by atoms with Crippen molar-refractivity contribution in [2.45, 2.75) is 18.8 Å². The molecular formula is C29H28FNO6. The zero-order chi connectivity index (χ0) is 25.9. The van der Waals surface area contributed by atoms with E-state index in [1.54, 1.807) is 31.4 Å². The van der Waals surface area contributed by atoms with Crippen LogP contribution in [-0.4, -0.2) is 49.9 Å². The second-order valence-corrected chi connectivity index (χ2v) is 8.88. The van der Waals surface area contributed by atoms with Gasteiger partial charge in [-0.05, 0) is 54.8 Å². The van der Waals surface area contributed by atoms with Crippen LogP contribution in [0.15, 0.2) is 60.7 Å². The van der Waals surface area contributed by atoms with E-state index in [0.29, 0.717) is 19.0 Å². The Bertz CT molecular complexity index is 1420. The minimum atomic E-state index is -0.985. The molecule has 1 saturated heterocycles. The molecule has 1 fully saturated rings. The normalized spacial score (nSPS) is 14.1. The Morgan fingerprint density at radius 3 is 2.49 bits per heavy atom. The molecule has 4 aromatic rings. The van der Waals surface area contributed by atoms with Gasteiger partial charge in [-0.25, -0.2) is 9.18 Å². The number of nitrogens with zero attached hydrogens (tertiary/aromatic N) is 1. The van der Waals surface area contributed by atoms with Gasteiger partial charge >= 0.3 is 5.97 Å². The molecular weight excluding hydrogens is 477 g/mol. The average molecular weight is 506 g/mol. The van der Waals surface area contributed by atoms with Crippen molar-refractivity contribution in [3.8, 4) is 28.3 Å². The van der Waals surface area contributed by atoms with Crippen LogP contribution in [0.3, 0.4) is 0 Å². The predicted molar refractivity (Wildman–Crippen MR) is 137 cm³/mol. The summed E-state index contributed by atoms with van der Waals surface area (Å²) < 4.78 is 38.7. The lowest BCUT2D eigenvalue weighted by Crippen LogP contribution is -2.17. The van der Waals surface area contributed by atoms with E-state index in [2.05, 4.69) is 4.57 Å². The lowest BCUT2D eigenvalue weighted by atomic mass is 9.89. The van der Waals surface area contributed by atoms with Crippen LogP contribution >= 0.6 is 0 Å². The van der Waals surface area contributed by atoms with Crippen LogP contribution in [-0.2, 0) is 9.47 Å². The molecule has 0 unspecified atom stereocenters. The molecule has 7 nitrogen and oxygen atoms in total.